The van der Waals surface area contributed by atoms with Crippen LogP contribution in [0.25, 0.3) is 65.7 Å². The number of ether oxygens (including phenoxy) is 1. The highest BCUT2D eigenvalue weighted by molar-refractivity contribution is 7.85. The van der Waals surface area contributed by atoms with Gasteiger partial charge in [-0.2, -0.15) is 8.42 Å². The minimum atomic E-state index is -4.86. The van der Waals surface area contributed by atoms with Gasteiger partial charge in [-0.05, 0) is 77.8 Å². The van der Waals surface area contributed by atoms with Crippen molar-refractivity contribution in [3.63, 3.8) is 0 Å². The van der Waals surface area contributed by atoms with Crippen molar-refractivity contribution in [3.05, 3.63) is 181 Å². The summed E-state index contributed by atoms with van der Waals surface area (Å²) < 4.78 is 41.8. The zero-order valence-corrected chi connectivity index (χ0v) is 27.5. The normalized spacial score (nSPS) is 12.3. The van der Waals surface area contributed by atoms with Crippen LogP contribution in [0.5, 0.6) is 0 Å². The molecule has 0 aliphatic rings. The quantitative estimate of drug-likeness (QED) is 0.135. The van der Waals surface area contributed by atoms with Gasteiger partial charge in [0.15, 0.2) is 0 Å². The maximum atomic E-state index is 14.8. The van der Waals surface area contributed by atoms with Crippen molar-refractivity contribution in [1.29, 1.82) is 0 Å². The molecule has 1 atom stereocenters. The highest BCUT2D eigenvalue weighted by atomic mass is 32.2. The van der Waals surface area contributed by atoms with Crippen molar-refractivity contribution in [1.82, 2.24) is 0 Å². The molecule has 0 bridgehead atoms. The lowest BCUT2D eigenvalue weighted by Gasteiger charge is -2.22. The molecule has 0 aliphatic heterocycles. The van der Waals surface area contributed by atoms with E-state index < -0.39 is 21.5 Å². The van der Waals surface area contributed by atoms with Gasteiger partial charge in [-0.25, -0.2) is 4.79 Å². The molecule has 1 unspecified atom stereocenters. The van der Waals surface area contributed by atoms with E-state index in [0.717, 1.165) is 54.6 Å². The minimum absolute atomic E-state index is 0.133. The van der Waals surface area contributed by atoms with Gasteiger partial charge < -0.3 is 4.74 Å². The monoisotopic (exact) mass is 670 g/mol. The fraction of sp³-hybridized carbons (Fsp3) is 0.0227. The summed E-state index contributed by atoms with van der Waals surface area (Å²) in [6.07, 6.45) is 0. The lowest BCUT2D eigenvalue weighted by Crippen LogP contribution is -2.21. The van der Waals surface area contributed by atoms with Crippen molar-refractivity contribution in [3.8, 4) is 33.4 Å². The Morgan fingerprint density at radius 1 is 0.480 bits per heavy atom. The summed E-state index contributed by atoms with van der Waals surface area (Å²) in [5, 5.41) is 5.91. The maximum Gasteiger partial charge on any atom is 0.341 e. The molecule has 0 aromatic heterocycles. The molecule has 0 saturated heterocycles. The van der Waals surface area contributed by atoms with Crippen molar-refractivity contribution >= 4 is 48.4 Å². The molecule has 0 radical (unpaired) electrons. The summed E-state index contributed by atoms with van der Waals surface area (Å²) in [5.74, 6) is -0.883. The summed E-state index contributed by atoms with van der Waals surface area (Å²) in [6, 6.07) is 54.0. The first-order chi connectivity index (χ1) is 24.4. The third-order valence-electron chi connectivity index (χ3n) is 9.16. The molecule has 8 aromatic carbocycles. The fourth-order valence-corrected chi connectivity index (χ4v) is 7.62. The van der Waals surface area contributed by atoms with Crippen molar-refractivity contribution in [2.24, 2.45) is 0 Å². The second kappa shape index (κ2) is 12.7. The van der Waals surface area contributed by atoms with E-state index in [2.05, 4.69) is 24.3 Å². The third-order valence-corrected chi connectivity index (χ3v) is 10.1. The topological polar surface area (TPSA) is 80.7 Å². The van der Waals surface area contributed by atoms with Gasteiger partial charge in [-0.1, -0.05) is 158 Å². The van der Waals surface area contributed by atoms with Gasteiger partial charge in [0.05, 0.1) is 5.56 Å². The molecule has 0 amide bonds. The number of benzene rings is 8. The van der Waals surface area contributed by atoms with Gasteiger partial charge in [-0.3, -0.25) is 4.55 Å². The average molecular weight is 671 g/mol. The minimum Gasteiger partial charge on any atom is -0.435 e. The molecular weight excluding hydrogens is 641 g/mol. The molecule has 5 nitrogen and oxygen atoms in total. The molecule has 6 heteroatoms. The molecule has 0 heterocycles. The molecule has 0 fully saturated rings. The van der Waals surface area contributed by atoms with Crippen LogP contribution < -0.4 is 0 Å². The smallest absolute Gasteiger partial charge is 0.341 e. The van der Waals surface area contributed by atoms with E-state index in [0.29, 0.717) is 11.1 Å². The third kappa shape index (κ3) is 5.71. The van der Waals surface area contributed by atoms with E-state index >= 15 is 0 Å². The molecule has 8 rings (SSSR count). The first-order valence-electron chi connectivity index (χ1n) is 16.2. The summed E-state index contributed by atoms with van der Waals surface area (Å²) in [7, 11) is -4.86. The highest BCUT2D eigenvalue weighted by Gasteiger charge is 2.33. The van der Waals surface area contributed by atoms with Crippen LogP contribution in [0, 0.1) is 0 Å². The van der Waals surface area contributed by atoms with E-state index in [1.165, 1.54) is 12.1 Å². The van der Waals surface area contributed by atoms with Crippen molar-refractivity contribution in [2.45, 2.75) is 5.44 Å². The van der Waals surface area contributed by atoms with Gasteiger partial charge in [0, 0.05) is 5.56 Å². The summed E-state index contributed by atoms with van der Waals surface area (Å²) >= 11 is 0. The Balaban J connectivity index is 1.48. The zero-order valence-electron chi connectivity index (χ0n) is 26.7. The largest absolute Gasteiger partial charge is 0.435 e. The van der Waals surface area contributed by atoms with E-state index in [1.54, 1.807) is 18.2 Å². The van der Waals surface area contributed by atoms with Crippen LogP contribution in [-0.4, -0.2) is 18.9 Å². The predicted molar refractivity (Wildman–Crippen MR) is 201 cm³/mol. The van der Waals surface area contributed by atoms with Crippen LogP contribution in [0.4, 0.5) is 0 Å². The second-order valence-corrected chi connectivity index (χ2v) is 13.6. The molecule has 1 N–H and O–H groups in total. The van der Waals surface area contributed by atoms with Gasteiger partial charge in [0.1, 0.15) is 0 Å². The number of rotatable bonds is 7. The molecule has 0 spiro atoms. The summed E-state index contributed by atoms with van der Waals surface area (Å²) in [5.41, 5.74) is 2.94. The van der Waals surface area contributed by atoms with Crippen LogP contribution in [0.1, 0.15) is 21.4 Å². The number of fused-ring (bicyclic) bond motifs is 3. The van der Waals surface area contributed by atoms with Crippen LogP contribution in [0.15, 0.2) is 170 Å². The number of hydrogen-bond acceptors (Lipinski definition) is 4. The first-order valence-corrected chi connectivity index (χ1v) is 17.7. The van der Waals surface area contributed by atoms with E-state index in [1.807, 2.05) is 115 Å². The molecule has 242 valence electrons. The molecule has 0 aliphatic carbocycles. The number of carbonyl (C=O) groups is 1. The van der Waals surface area contributed by atoms with E-state index in [4.69, 9.17) is 4.74 Å². The molecule has 50 heavy (non-hydrogen) atoms. The Morgan fingerprint density at radius 3 is 1.36 bits per heavy atom. The lowest BCUT2D eigenvalue weighted by molar-refractivity contribution is 0.0429. The Morgan fingerprint density at radius 2 is 0.880 bits per heavy atom. The number of carbonyl (C=O) groups excluding carboxylic acids is 1. The van der Waals surface area contributed by atoms with Gasteiger partial charge >= 0.3 is 16.1 Å². The summed E-state index contributed by atoms with van der Waals surface area (Å²) in [4.78, 5) is 14.8. The predicted octanol–water partition coefficient (Wildman–Crippen LogP) is 10.9. The Kier molecular flexibility index (Phi) is 7.96. The van der Waals surface area contributed by atoms with E-state index in [-0.39, 0.29) is 11.1 Å². The van der Waals surface area contributed by atoms with Gasteiger partial charge in [0.2, 0.25) is 0 Å². The number of esters is 1. The Bertz CT molecular complexity index is 2570. The Labute approximate surface area is 289 Å². The zero-order chi connectivity index (χ0) is 34.2. The fourth-order valence-electron chi connectivity index (χ4n) is 6.91. The van der Waals surface area contributed by atoms with Crippen molar-refractivity contribution in [2.75, 3.05) is 0 Å². The van der Waals surface area contributed by atoms with Crippen molar-refractivity contribution < 1.29 is 22.5 Å². The maximum absolute atomic E-state index is 14.8. The van der Waals surface area contributed by atoms with Crippen LogP contribution in [0.3, 0.4) is 0 Å². The average Bonchev–Trinajstić information content (AvgIpc) is 3.15. The highest BCUT2D eigenvalue weighted by Crippen LogP contribution is 2.44. The number of hydrogen-bond donors (Lipinski definition) is 1. The van der Waals surface area contributed by atoms with Crippen LogP contribution in [-0.2, 0) is 14.9 Å². The van der Waals surface area contributed by atoms with Crippen LogP contribution >= 0.6 is 0 Å². The second-order valence-electron chi connectivity index (χ2n) is 12.2. The SMILES string of the molecule is O=C(OC(c1ccccc1)S(=O)(=O)O)c1c(-c2cccc3ccccc23)cc(-c2cccc3ccccc23)cc1-c1cccc2ccccc12. The molecular formula is C44H30O5S. The first kappa shape index (κ1) is 31.2. The molecule has 0 saturated carbocycles. The Hall–Kier alpha value is -6.08. The van der Waals surface area contributed by atoms with E-state index in [9.17, 15) is 17.8 Å². The van der Waals surface area contributed by atoms with Gasteiger partial charge in [0.25, 0.3) is 5.44 Å². The molecule has 8 aromatic rings. The standard InChI is InChI=1S/C44H30O5S/c45-43(49-44(50(46,47)48)32-16-2-1-3-17-32)42-40(38-25-11-19-30-14-5-8-22-35(30)38)27-33(37-24-10-18-29-13-4-7-21-34(29)37)28-41(42)39-26-12-20-31-15-6-9-23-36(31)39/h1-28,44H,(H,46,47,48). The van der Waals surface area contributed by atoms with Crippen LogP contribution in [0.2, 0.25) is 0 Å². The lowest BCUT2D eigenvalue weighted by atomic mass is 9.84. The summed E-state index contributed by atoms with van der Waals surface area (Å²) in [6.45, 7) is 0. The van der Waals surface area contributed by atoms with Gasteiger partial charge in [-0.15, -0.1) is 0 Å².